The Kier molecular flexibility index (Phi) is 5.16. The minimum atomic E-state index is -0.189. The molecule has 2 aromatic rings. The lowest BCUT2D eigenvalue weighted by Crippen LogP contribution is -2.32. The third-order valence-corrected chi connectivity index (χ3v) is 5.06. The average Bonchev–Trinajstić information content (AvgIpc) is 3.45. The largest absolute Gasteiger partial charge is 0.376 e. The van der Waals surface area contributed by atoms with Gasteiger partial charge in [0.2, 0.25) is 5.91 Å². The maximum atomic E-state index is 12.4. The van der Waals surface area contributed by atoms with Gasteiger partial charge in [-0.1, -0.05) is 30.3 Å². The number of aromatic nitrogens is 1. The lowest BCUT2D eigenvalue weighted by atomic mass is 9.96. The summed E-state index contributed by atoms with van der Waals surface area (Å²) < 4.78 is 5.83. The van der Waals surface area contributed by atoms with E-state index in [0.29, 0.717) is 30.5 Å². The van der Waals surface area contributed by atoms with Crippen LogP contribution in [0.2, 0.25) is 0 Å². The van der Waals surface area contributed by atoms with Crippen molar-refractivity contribution >= 4 is 17.6 Å². The summed E-state index contributed by atoms with van der Waals surface area (Å²) in [6, 6.07) is 13.6. The summed E-state index contributed by atoms with van der Waals surface area (Å²) in [6.45, 7) is 1.14. The number of hydrogen-bond acceptors (Lipinski definition) is 4. The molecule has 0 radical (unpaired) electrons. The number of ether oxygens (including phenoxy) is 1. The molecule has 1 aliphatic heterocycles. The second kappa shape index (κ2) is 7.88. The number of nitrogens with zero attached hydrogens (tertiary/aromatic N) is 1. The highest BCUT2D eigenvalue weighted by atomic mass is 16.5. The number of carbonyl (C=O) groups excluding carboxylic acids is 2. The van der Waals surface area contributed by atoms with Crippen LogP contribution >= 0.6 is 0 Å². The van der Waals surface area contributed by atoms with E-state index in [1.165, 1.54) is 11.8 Å². The molecule has 1 aromatic carbocycles. The molecule has 1 aromatic heterocycles. The van der Waals surface area contributed by atoms with Gasteiger partial charge >= 0.3 is 0 Å². The number of hydrogen-bond donors (Lipinski definition) is 2. The Morgan fingerprint density at radius 2 is 1.96 bits per heavy atom. The molecule has 6 nitrogen and oxygen atoms in total. The summed E-state index contributed by atoms with van der Waals surface area (Å²) in [5.41, 5.74) is 1.75. The van der Waals surface area contributed by atoms with Crippen LogP contribution in [0.1, 0.15) is 41.1 Å². The molecule has 1 saturated carbocycles. The molecule has 2 atom stereocenters. The van der Waals surface area contributed by atoms with Crippen LogP contribution in [0.5, 0.6) is 0 Å². The third kappa shape index (κ3) is 4.52. The second-order valence-corrected chi connectivity index (χ2v) is 7.20. The van der Waals surface area contributed by atoms with E-state index in [-0.39, 0.29) is 23.8 Å². The van der Waals surface area contributed by atoms with Crippen molar-refractivity contribution in [2.45, 2.75) is 31.3 Å². The van der Waals surface area contributed by atoms with Gasteiger partial charge in [0.05, 0.1) is 12.7 Å². The monoisotopic (exact) mass is 365 g/mol. The minimum absolute atomic E-state index is 0.00929. The van der Waals surface area contributed by atoms with Crippen molar-refractivity contribution < 1.29 is 14.3 Å². The van der Waals surface area contributed by atoms with Gasteiger partial charge in [-0.3, -0.25) is 9.59 Å². The predicted octanol–water partition coefficient (Wildman–Crippen LogP) is 2.73. The molecule has 4 rings (SSSR count). The van der Waals surface area contributed by atoms with Crippen LogP contribution in [0.3, 0.4) is 0 Å². The van der Waals surface area contributed by atoms with Crippen molar-refractivity contribution in [2.75, 3.05) is 18.5 Å². The zero-order chi connectivity index (χ0) is 18.6. The number of benzene rings is 1. The van der Waals surface area contributed by atoms with Gasteiger partial charge in [-0.05, 0) is 37.0 Å². The number of pyridine rings is 1. The molecule has 27 heavy (non-hydrogen) atoms. The standard InChI is InChI=1S/C21H23N3O3/c25-20(16-8-9-22-19(11-16)24-21(26)15-6-7-15)23-12-18-10-17(13-27-18)14-4-2-1-3-5-14/h1-5,8-9,11,15,17-18H,6-7,10,12-13H2,(H,23,25)(H,22,24,26)/t17-,18-/m0/s1. The first-order valence-electron chi connectivity index (χ1n) is 9.40. The van der Waals surface area contributed by atoms with Gasteiger partial charge in [0.1, 0.15) is 5.82 Å². The van der Waals surface area contributed by atoms with E-state index in [1.54, 1.807) is 12.1 Å². The van der Waals surface area contributed by atoms with Crippen molar-refractivity contribution in [2.24, 2.45) is 5.92 Å². The first kappa shape index (κ1) is 17.7. The molecular weight excluding hydrogens is 342 g/mol. The fraction of sp³-hybridized carbons (Fsp3) is 0.381. The fourth-order valence-electron chi connectivity index (χ4n) is 3.33. The molecule has 1 saturated heterocycles. The van der Waals surface area contributed by atoms with E-state index in [4.69, 9.17) is 4.74 Å². The van der Waals surface area contributed by atoms with Crippen molar-refractivity contribution in [1.29, 1.82) is 0 Å². The number of nitrogens with one attached hydrogen (secondary N) is 2. The Morgan fingerprint density at radius 1 is 1.15 bits per heavy atom. The Hall–Kier alpha value is -2.73. The summed E-state index contributed by atoms with van der Waals surface area (Å²) in [7, 11) is 0. The van der Waals surface area contributed by atoms with Crippen LogP contribution in [0.15, 0.2) is 48.7 Å². The molecule has 6 heteroatoms. The van der Waals surface area contributed by atoms with Crippen LogP contribution in [-0.2, 0) is 9.53 Å². The van der Waals surface area contributed by atoms with E-state index in [0.717, 1.165) is 19.3 Å². The van der Waals surface area contributed by atoms with Crippen LogP contribution in [0.25, 0.3) is 0 Å². The number of amides is 2. The van der Waals surface area contributed by atoms with Gasteiger partial charge in [0, 0.05) is 30.1 Å². The van der Waals surface area contributed by atoms with Crippen LogP contribution in [0, 0.1) is 5.92 Å². The fourth-order valence-corrected chi connectivity index (χ4v) is 3.33. The maximum Gasteiger partial charge on any atom is 0.251 e. The molecular formula is C21H23N3O3. The Balaban J connectivity index is 1.29. The molecule has 0 unspecified atom stereocenters. The number of carbonyl (C=O) groups is 2. The molecule has 1 aliphatic carbocycles. The maximum absolute atomic E-state index is 12.4. The highest BCUT2D eigenvalue weighted by Gasteiger charge is 2.30. The number of rotatable bonds is 6. The molecule has 2 N–H and O–H groups in total. The normalized spacial score (nSPS) is 21.6. The van der Waals surface area contributed by atoms with Crippen molar-refractivity contribution in [3.63, 3.8) is 0 Å². The van der Waals surface area contributed by atoms with Gasteiger partial charge < -0.3 is 15.4 Å². The molecule has 140 valence electrons. The molecule has 2 aliphatic rings. The van der Waals surface area contributed by atoms with Gasteiger partial charge in [0.15, 0.2) is 0 Å². The smallest absolute Gasteiger partial charge is 0.251 e. The first-order chi connectivity index (χ1) is 13.2. The predicted molar refractivity (Wildman–Crippen MR) is 101 cm³/mol. The van der Waals surface area contributed by atoms with E-state index in [1.807, 2.05) is 18.2 Å². The van der Waals surface area contributed by atoms with Crippen LogP contribution in [0.4, 0.5) is 5.82 Å². The van der Waals surface area contributed by atoms with Crippen molar-refractivity contribution in [1.82, 2.24) is 10.3 Å². The lowest BCUT2D eigenvalue weighted by Gasteiger charge is -2.12. The Morgan fingerprint density at radius 3 is 2.74 bits per heavy atom. The van der Waals surface area contributed by atoms with Crippen molar-refractivity contribution in [3.05, 3.63) is 59.8 Å². The quantitative estimate of drug-likeness (QED) is 0.825. The van der Waals surface area contributed by atoms with E-state index >= 15 is 0 Å². The summed E-state index contributed by atoms with van der Waals surface area (Å²) in [6.07, 6.45) is 4.29. The zero-order valence-electron chi connectivity index (χ0n) is 15.1. The SMILES string of the molecule is O=C(NC[C@@H]1C[C@H](c2ccccc2)CO1)c1ccnc(NC(=O)C2CC2)c1. The van der Waals surface area contributed by atoms with Crippen LogP contribution < -0.4 is 10.6 Å². The van der Waals surface area contributed by atoms with Gasteiger partial charge in [-0.2, -0.15) is 0 Å². The summed E-state index contributed by atoms with van der Waals surface area (Å²) >= 11 is 0. The summed E-state index contributed by atoms with van der Waals surface area (Å²) in [5, 5.41) is 5.69. The van der Waals surface area contributed by atoms with Gasteiger partial charge in [-0.25, -0.2) is 4.98 Å². The first-order valence-corrected chi connectivity index (χ1v) is 9.40. The van der Waals surface area contributed by atoms with Gasteiger partial charge in [-0.15, -0.1) is 0 Å². The Bertz CT molecular complexity index is 820. The van der Waals surface area contributed by atoms with Crippen molar-refractivity contribution in [3.8, 4) is 0 Å². The lowest BCUT2D eigenvalue weighted by molar-refractivity contribution is -0.117. The minimum Gasteiger partial charge on any atom is -0.376 e. The third-order valence-electron chi connectivity index (χ3n) is 5.06. The molecule has 0 bridgehead atoms. The van der Waals surface area contributed by atoms with Gasteiger partial charge in [0.25, 0.3) is 5.91 Å². The van der Waals surface area contributed by atoms with E-state index in [9.17, 15) is 9.59 Å². The zero-order valence-corrected chi connectivity index (χ0v) is 15.1. The Labute approximate surface area is 158 Å². The average molecular weight is 365 g/mol. The second-order valence-electron chi connectivity index (χ2n) is 7.20. The highest BCUT2D eigenvalue weighted by Crippen LogP contribution is 2.30. The van der Waals surface area contributed by atoms with E-state index < -0.39 is 0 Å². The van der Waals surface area contributed by atoms with E-state index in [2.05, 4.69) is 27.8 Å². The topological polar surface area (TPSA) is 80.3 Å². The summed E-state index contributed by atoms with van der Waals surface area (Å²) in [5.74, 6) is 0.679. The molecule has 2 amide bonds. The molecule has 2 fully saturated rings. The molecule has 0 spiro atoms. The summed E-state index contributed by atoms with van der Waals surface area (Å²) in [4.78, 5) is 28.4. The highest BCUT2D eigenvalue weighted by molar-refractivity contribution is 5.97. The number of anilines is 1. The van der Waals surface area contributed by atoms with Crippen LogP contribution in [-0.4, -0.2) is 36.1 Å². The molecule has 2 heterocycles.